The van der Waals surface area contributed by atoms with Crippen LogP contribution in [0, 0.1) is 19.7 Å². The molecule has 1 aromatic rings. The highest BCUT2D eigenvalue weighted by Crippen LogP contribution is 2.26. The highest BCUT2D eigenvalue weighted by molar-refractivity contribution is 7.89. The molecule has 1 aliphatic heterocycles. The Bertz CT molecular complexity index is 592. The molecule has 19 heavy (non-hydrogen) atoms. The number of hydrogen-bond acceptors (Lipinski definition) is 3. The third-order valence-electron chi connectivity index (χ3n) is 3.30. The van der Waals surface area contributed by atoms with Crippen LogP contribution in [-0.2, 0) is 14.8 Å². The summed E-state index contributed by atoms with van der Waals surface area (Å²) in [5.74, 6) is -0.359. The minimum Gasteiger partial charge on any atom is -0.300 e. The molecule has 0 aliphatic carbocycles. The Kier molecular flexibility index (Phi) is 3.73. The number of hydrogen-bond donors (Lipinski definition) is 0. The van der Waals surface area contributed by atoms with Gasteiger partial charge in [0.05, 0.1) is 4.90 Å². The molecule has 2 rings (SSSR count). The molecule has 4 nitrogen and oxygen atoms in total. The molecule has 0 amide bonds. The van der Waals surface area contributed by atoms with Gasteiger partial charge >= 0.3 is 0 Å². The number of Topliss-reactive ketones (excluding diaryl/α,β-unsaturated/α-hetero) is 1. The Balaban J connectivity index is 2.43. The maximum atomic E-state index is 13.2. The summed E-state index contributed by atoms with van der Waals surface area (Å²) >= 11 is 0. The zero-order valence-electron chi connectivity index (χ0n) is 10.9. The van der Waals surface area contributed by atoms with Crippen molar-refractivity contribution in [3.05, 3.63) is 29.1 Å². The van der Waals surface area contributed by atoms with Gasteiger partial charge in [0.1, 0.15) is 11.6 Å². The fraction of sp³-hybridized carbons (Fsp3) is 0.462. The van der Waals surface area contributed by atoms with E-state index in [1.807, 2.05) is 0 Å². The number of aryl methyl sites for hydroxylation is 2. The standard InChI is InChI=1S/C13H16FNO3S/c1-9-7-11(14)8-10(2)13(9)19(17,18)15-5-3-12(16)4-6-15/h7-8H,3-6H2,1-2H3. The lowest BCUT2D eigenvalue weighted by Crippen LogP contribution is -2.39. The number of benzene rings is 1. The van der Waals surface area contributed by atoms with Crippen molar-refractivity contribution in [3.8, 4) is 0 Å². The molecule has 6 heteroatoms. The first kappa shape index (κ1) is 14.1. The largest absolute Gasteiger partial charge is 0.300 e. The predicted octanol–water partition coefficient (Wildman–Crippen LogP) is 1.80. The summed E-state index contributed by atoms with van der Waals surface area (Å²) in [4.78, 5) is 11.3. The van der Waals surface area contributed by atoms with Gasteiger partial charge < -0.3 is 0 Å². The minimum atomic E-state index is -3.65. The normalized spacial score (nSPS) is 17.7. The number of rotatable bonds is 2. The molecule has 0 bridgehead atoms. The summed E-state index contributed by atoms with van der Waals surface area (Å²) in [6.07, 6.45) is 0.497. The Hall–Kier alpha value is -1.27. The molecule has 0 atom stereocenters. The summed E-state index contributed by atoms with van der Waals surface area (Å²) in [7, 11) is -3.65. The summed E-state index contributed by atoms with van der Waals surface area (Å²) in [6.45, 7) is 3.57. The number of ketones is 1. The Morgan fingerprint density at radius 1 is 1.11 bits per heavy atom. The number of halogens is 1. The Morgan fingerprint density at radius 3 is 2.05 bits per heavy atom. The van der Waals surface area contributed by atoms with Crippen LogP contribution in [-0.4, -0.2) is 31.6 Å². The van der Waals surface area contributed by atoms with E-state index < -0.39 is 15.8 Å². The van der Waals surface area contributed by atoms with Crippen molar-refractivity contribution in [3.63, 3.8) is 0 Å². The first-order chi connectivity index (χ1) is 8.82. The molecule has 1 fully saturated rings. The Morgan fingerprint density at radius 2 is 1.58 bits per heavy atom. The van der Waals surface area contributed by atoms with Crippen LogP contribution in [0.3, 0.4) is 0 Å². The van der Waals surface area contributed by atoms with Crippen molar-refractivity contribution in [2.45, 2.75) is 31.6 Å². The van der Waals surface area contributed by atoms with Crippen LogP contribution in [0.1, 0.15) is 24.0 Å². The second-order valence-corrected chi connectivity index (χ2v) is 6.69. The maximum absolute atomic E-state index is 13.2. The van der Waals surface area contributed by atoms with Crippen molar-refractivity contribution in [2.75, 3.05) is 13.1 Å². The first-order valence-corrected chi connectivity index (χ1v) is 7.55. The van der Waals surface area contributed by atoms with Gasteiger partial charge in [-0.3, -0.25) is 4.79 Å². The predicted molar refractivity (Wildman–Crippen MR) is 68.9 cm³/mol. The van der Waals surface area contributed by atoms with Gasteiger partial charge in [0, 0.05) is 25.9 Å². The number of carbonyl (C=O) groups is 1. The molecule has 0 N–H and O–H groups in total. The molecule has 1 heterocycles. The van der Waals surface area contributed by atoms with E-state index in [4.69, 9.17) is 0 Å². The highest BCUT2D eigenvalue weighted by Gasteiger charge is 2.30. The summed E-state index contributed by atoms with van der Waals surface area (Å²) in [6, 6.07) is 2.43. The lowest BCUT2D eigenvalue weighted by molar-refractivity contribution is -0.120. The molecule has 104 valence electrons. The smallest absolute Gasteiger partial charge is 0.243 e. The van der Waals surface area contributed by atoms with Crippen LogP contribution >= 0.6 is 0 Å². The van der Waals surface area contributed by atoms with Gasteiger partial charge in [-0.25, -0.2) is 12.8 Å². The van der Waals surface area contributed by atoms with Crippen LogP contribution in [0.5, 0.6) is 0 Å². The van der Waals surface area contributed by atoms with E-state index in [2.05, 4.69) is 0 Å². The second-order valence-electron chi connectivity index (χ2n) is 4.81. The van der Waals surface area contributed by atoms with Crippen LogP contribution in [0.4, 0.5) is 4.39 Å². The van der Waals surface area contributed by atoms with Gasteiger partial charge in [0.25, 0.3) is 0 Å². The van der Waals surface area contributed by atoms with Crippen molar-refractivity contribution < 1.29 is 17.6 Å². The Labute approximate surface area is 112 Å². The lowest BCUT2D eigenvalue weighted by Gasteiger charge is -2.26. The molecule has 1 aromatic carbocycles. The zero-order chi connectivity index (χ0) is 14.2. The number of piperidine rings is 1. The molecular formula is C13H16FNO3S. The molecule has 0 radical (unpaired) electrons. The van der Waals surface area contributed by atoms with Crippen LogP contribution in [0.2, 0.25) is 0 Å². The SMILES string of the molecule is Cc1cc(F)cc(C)c1S(=O)(=O)N1CCC(=O)CC1. The van der Waals surface area contributed by atoms with Gasteiger partial charge in [0.2, 0.25) is 10.0 Å². The fourth-order valence-corrected chi connectivity index (χ4v) is 4.26. The highest BCUT2D eigenvalue weighted by atomic mass is 32.2. The van der Waals surface area contributed by atoms with E-state index in [1.54, 1.807) is 13.8 Å². The third-order valence-corrected chi connectivity index (χ3v) is 5.51. The number of sulfonamides is 1. The number of nitrogens with zero attached hydrogens (tertiary/aromatic N) is 1. The summed E-state index contributed by atoms with van der Waals surface area (Å²) in [5, 5.41) is 0. The lowest BCUT2D eigenvalue weighted by atomic mass is 10.1. The van der Waals surface area contributed by atoms with E-state index >= 15 is 0 Å². The van der Waals surface area contributed by atoms with Crippen molar-refractivity contribution in [1.82, 2.24) is 4.31 Å². The molecule has 0 aromatic heterocycles. The molecule has 1 aliphatic rings. The molecule has 0 saturated carbocycles. The van der Waals surface area contributed by atoms with Gasteiger partial charge in [-0.1, -0.05) is 0 Å². The number of carbonyl (C=O) groups excluding carboxylic acids is 1. The van der Waals surface area contributed by atoms with Crippen molar-refractivity contribution in [1.29, 1.82) is 0 Å². The summed E-state index contributed by atoms with van der Waals surface area (Å²) in [5.41, 5.74) is 0.795. The summed E-state index contributed by atoms with van der Waals surface area (Å²) < 4.78 is 39.6. The van der Waals surface area contributed by atoms with E-state index in [1.165, 1.54) is 16.4 Å². The zero-order valence-corrected chi connectivity index (χ0v) is 11.8. The van der Waals surface area contributed by atoms with Crippen LogP contribution in [0.25, 0.3) is 0 Å². The van der Waals surface area contributed by atoms with Gasteiger partial charge in [0.15, 0.2) is 0 Å². The van der Waals surface area contributed by atoms with Crippen LogP contribution < -0.4 is 0 Å². The first-order valence-electron chi connectivity index (χ1n) is 6.11. The third kappa shape index (κ3) is 2.69. The average molecular weight is 285 g/mol. The maximum Gasteiger partial charge on any atom is 0.243 e. The van der Waals surface area contributed by atoms with Crippen molar-refractivity contribution in [2.24, 2.45) is 0 Å². The molecule has 0 unspecified atom stereocenters. The quantitative estimate of drug-likeness (QED) is 0.832. The fourth-order valence-electron chi connectivity index (χ4n) is 2.41. The molecule has 0 spiro atoms. The van der Waals surface area contributed by atoms with Gasteiger partial charge in [-0.2, -0.15) is 4.31 Å². The minimum absolute atomic E-state index is 0.0824. The van der Waals surface area contributed by atoms with Gasteiger partial charge in [-0.05, 0) is 37.1 Å². The average Bonchev–Trinajstić information content (AvgIpc) is 2.27. The van der Waals surface area contributed by atoms with E-state index in [-0.39, 0.29) is 36.6 Å². The van der Waals surface area contributed by atoms with Gasteiger partial charge in [-0.15, -0.1) is 0 Å². The molecule has 1 saturated heterocycles. The topological polar surface area (TPSA) is 54.5 Å². The molecular weight excluding hydrogens is 269 g/mol. The van der Waals surface area contributed by atoms with E-state index in [0.29, 0.717) is 11.1 Å². The van der Waals surface area contributed by atoms with E-state index in [0.717, 1.165) is 0 Å². The van der Waals surface area contributed by atoms with E-state index in [9.17, 15) is 17.6 Å². The second kappa shape index (κ2) is 5.02. The van der Waals surface area contributed by atoms with Crippen molar-refractivity contribution >= 4 is 15.8 Å². The monoisotopic (exact) mass is 285 g/mol. The van der Waals surface area contributed by atoms with Crippen LogP contribution in [0.15, 0.2) is 17.0 Å².